The van der Waals surface area contributed by atoms with Gasteiger partial charge < -0.3 is 14.2 Å². The highest BCUT2D eigenvalue weighted by atomic mass is 16.7. The van der Waals surface area contributed by atoms with Gasteiger partial charge >= 0.3 is 12.1 Å². The molecule has 0 aliphatic heterocycles. The number of esters is 1. The van der Waals surface area contributed by atoms with Crippen LogP contribution < -0.4 is 0 Å². The van der Waals surface area contributed by atoms with Crippen molar-refractivity contribution in [3.63, 3.8) is 0 Å². The highest BCUT2D eigenvalue weighted by Gasteiger charge is 2.19. The minimum atomic E-state index is -1.08. The van der Waals surface area contributed by atoms with Crippen LogP contribution in [0, 0.1) is 24.7 Å². The van der Waals surface area contributed by atoms with Gasteiger partial charge in [0.1, 0.15) is 0 Å². The number of carbonyl (C=O) groups is 2. The number of hydrogen-bond donors (Lipinski definition) is 0. The summed E-state index contributed by atoms with van der Waals surface area (Å²) in [5.74, 6) is 3.42. The summed E-state index contributed by atoms with van der Waals surface area (Å²) in [6.45, 7) is 0.937. The Morgan fingerprint density at radius 2 is 1.73 bits per heavy atom. The summed E-state index contributed by atoms with van der Waals surface area (Å²) in [5.41, 5.74) is 0. The summed E-state index contributed by atoms with van der Waals surface area (Å²) >= 11 is 0. The van der Waals surface area contributed by atoms with Crippen molar-refractivity contribution < 1.29 is 23.8 Å². The summed E-state index contributed by atoms with van der Waals surface area (Å²) in [4.78, 5) is 21.8. The quantitative estimate of drug-likeness (QED) is 0.494. The molecular formula is C10H10O5. The first kappa shape index (κ1) is 12.9. The van der Waals surface area contributed by atoms with Crippen LogP contribution >= 0.6 is 0 Å². The third-order valence-corrected chi connectivity index (χ3v) is 1.18. The van der Waals surface area contributed by atoms with Crippen LogP contribution in [-0.2, 0) is 19.0 Å². The first-order chi connectivity index (χ1) is 7.11. The van der Waals surface area contributed by atoms with Gasteiger partial charge in [-0.2, -0.15) is 0 Å². The minimum Gasteiger partial charge on any atom is -0.450 e. The average molecular weight is 210 g/mol. The van der Waals surface area contributed by atoms with Crippen LogP contribution in [-0.4, -0.2) is 31.4 Å². The molecule has 5 nitrogen and oxygen atoms in total. The second kappa shape index (κ2) is 7.28. The maximum Gasteiger partial charge on any atom is 0.510 e. The van der Waals surface area contributed by atoms with Crippen molar-refractivity contribution in [2.24, 2.45) is 0 Å². The van der Waals surface area contributed by atoms with Crippen molar-refractivity contribution >= 4 is 12.1 Å². The van der Waals surface area contributed by atoms with Gasteiger partial charge in [0.2, 0.25) is 0 Å². The largest absolute Gasteiger partial charge is 0.510 e. The molecule has 15 heavy (non-hydrogen) atoms. The molecule has 0 rings (SSSR count). The van der Waals surface area contributed by atoms with E-state index in [1.54, 1.807) is 0 Å². The normalized spacial score (nSPS) is 10.3. The smallest absolute Gasteiger partial charge is 0.450 e. The Hall–Kier alpha value is -2.14. The van der Waals surface area contributed by atoms with Gasteiger partial charge in [0, 0.05) is 0 Å². The number of terminal acetylenes is 2. The molecule has 0 heterocycles. The van der Waals surface area contributed by atoms with Gasteiger partial charge in [-0.25, -0.2) is 9.59 Å². The lowest BCUT2D eigenvalue weighted by Gasteiger charge is -2.10. The molecule has 1 unspecified atom stereocenters. The van der Waals surface area contributed by atoms with E-state index in [0.29, 0.717) is 0 Å². The second-order valence-electron chi connectivity index (χ2n) is 2.31. The molecule has 5 heteroatoms. The lowest BCUT2D eigenvalue weighted by molar-refractivity contribution is -0.152. The predicted octanol–water partition coefficient (Wildman–Crippen LogP) is 0.338. The van der Waals surface area contributed by atoms with Crippen LogP contribution in [0.3, 0.4) is 0 Å². The van der Waals surface area contributed by atoms with Crippen LogP contribution in [0.5, 0.6) is 0 Å². The van der Waals surface area contributed by atoms with Gasteiger partial charge in [-0.3, -0.25) is 0 Å². The summed E-state index contributed by atoms with van der Waals surface area (Å²) in [7, 11) is 0. The lowest BCUT2D eigenvalue weighted by atomic mass is 10.4. The zero-order chi connectivity index (χ0) is 11.7. The van der Waals surface area contributed by atoms with Gasteiger partial charge in [0.05, 0.1) is 0 Å². The molecule has 0 radical (unpaired) electrons. The van der Waals surface area contributed by atoms with Gasteiger partial charge in [-0.05, 0) is 6.92 Å². The van der Waals surface area contributed by atoms with Crippen LogP contribution in [0.1, 0.15) is 6.92 Å². The average Bonchev–Trinajstić information content (AvgIpc) is 2.22. The van der Waals surface area contributed by atoms with E-state index in [1.165, 1.54) is 6.92 Å². The first-order valence-corrected chi connectivity index (χ1v) is 3.98. The Kier molecular flexibility index (Phi) is 6.24. The zero-order valence-corrected chi connectivity index (χ0v) is 8.19. The van der Waals surface area contributed by atoms with E-state index in [1.807, 2.05) is 0 Å². The minimum absolute atomic E-state index is 0.175. The molecule has 0 spiro atoms. The molecule has 1 atom stereocenters. The fourth-order valence-corrected chi connectivity index (χ4v) is 0.557. The zero-order valence-electron chi connectivity index (χ0n) is 8.19. The molecule has 0 aliphatic rings. The van der Waals surface area contributed by atoms with E-state index < -0.39 is 18.2 Å². The number of hydrogen-bond acceptors (Lipinski definition) is 5. The van der Waals surface area contributed by atoms with Crippen molar-refractivity contribution in [2.75, 3.05) is 13.2 Å². The number of carbonyl (C=O) groups excluding carboxylic acids is 2. The van der Waals surface area contributed by atoms with Crippen LogP contribution in [0.15, 0.2) is 0 Å². The molecule has 0 saturated heterocycles. The van der Waals surface area contributed by atoms with Crippen molar-refractivity contribution in [1.29, 1.82) is 0 Å². The summed E-state index contributed by atoms with van der Waals surface area (Å²) in [6, 6.07) is 0. The molecule has 0 aromatic rings. The van der Waals surface area contributed by atoms with Crippen LogP contribution in [0.4, 0.5) is 4.79 Å². The molecule has 0 aliphatic carbocycles. The van der Waals surface area contributed by atoms with Gasteiger partial charge in [-0.1, -0.05) is 11.8 Å². The Balaban J connectivity index is 3.87. The molecule has 0 saturated carbocycles. The number of rotatable bonds is 4. The van der Waals surface area contributed by atoms with E-state index in [-0.39, 0.29) is 13.2 Å². The van der Waals surface area contributed by atoms with Crippen molar-refractivity contribution in [3.05, 3.63) is 0 Å². The molecular weight excluding hydrogens is 200 g/mol. The molecule has 80 valence electrons. The summed E-state index contributed by atoms with van der Waals surface area (Å²) < 4.78 is 13.4. The Labute approximate surface area is 87.7 Å². The molecule has 0 bridgehead atoms. The van der Waals surface area contributed by atoms with Crippen molar-refractivity contribution in [3.8, 4) is 24.7 Å². The second-order valence-corrected chi connectivity index (χ2v) is 2.31. The fourth-order valence-electron chi connectivity index (χ4n) is 0.557. The molecule has 0 aromatic carbocycles. The highest BCUT2D eigenvalue weighted by molar-refractivity contribution is 5.77. The predicted molar refractivity (Wildman–Crippen MR) is 50.5 cm³/mol. The summed E-state index contributed by atoms with van der Waals surface area (Å²) in [6.07, 6.45) is 7.59. The Morgan fingerprint density at radius 1 is 1.20 bits per heavy atom. The monoisotopic (exact) mass is 210 g/mol. The van der Waals surface area contributed by atoms with Crippen LogP contribution in [0.2, 0.25) is 0 Å². The van der Waals surface area contributed by atoms with E-state index in [4.69, 9.17) is 12.8 Å². The standard InChI is InChI=1S/C10H10O5/c1-4-6-13-9(11)8(3)15-10(12)14-7-5-2/h1-2,8H,6-7H2,3H3. The van der Waals surface area contributed by atoms with Gasteiger partial charge in [-0.15, -0.1) is 12.8 Å². The van der Waals surface area contributed by atoms with Crippen molar-refractivity contribution in [1.82, 2.24) is 0 Å². The lowest BCUT2D eigenvalue weighted by Crippen LogP contribution is -2.26. The van der Waals surface area contributed by atoms with E-state index in [2.05, 4.69) is 26.1 Å². The van der Waals surface area contributed by atoms with E-state index in [9.17, 15) is 9.59 Å². The van der Waals surface area contributed by atoms with Gasteiger partial charge in [0.25, 0.3) is 0 Å². The maximum absolute atomic E-state index is 11.0. The van der Waals surface area contributed by atoms with Crippen LogP contribution in [0.25, 0.3) is 0 Å². The molecule has 0 aromatic heterocycles. The number of ether oxygens (including phenoxy) is 3. The van der Waals surface area contributed by atoms with E-state index >= 15 is 0 Å². The third-order valence-electron chi connectivity index (χ3n) is 1.18. The maximum atomic E-state index is 11.0. The SMILES string of the molecule is C#CCOC(=O)OC(C)C(=O)OCC#C. The topological polar surface area (TPSA) is 61.8 Å². The Bertz CT molecular complexity index is 307. The molecule has 0 fully saturated rings. The third kappa shape index (κ3) is 6.00. The van der Waals surface area contributed by atoms with Gasteiger partial charge in [0.15, 0.2) is 19.3 Å². The summed E-state index contributed by atoms with van der Waals surface area (Å²) in [5, 5.41) is 0. The first-order valence-electron chi connectivity index (χ1n) is 3.98. The Morgan fingerprint density at radius 3 is 2.27 bits per heavy atom. The van der Waals surface area contributed by atoms with E-state index in [0.717, 1.165) is 0 Å². The fraction of sp³-hybridized carbons (Fsp3) is 0.400. The highest BCUT2D eigenvalue weighted by Crippen LogP contribution is 1.97. The molecule has 0 N–H and O–H groups in total. The van der Waals surface area contributed by atoms with Crippen molar-refractivity contribution in [2.45, 2.75) is 13.0 Å². The molecule has 0 amide bonds.